The summed E-state index contributed by atoms with van der Waals surface area (Å²) in [5, 5.41) is 13.1. The van der Waals surface area contributed by atoms with Crippen molar-refractivity contribution in [3.63, 3.8) is 0 Å². The van der Waals surface area contributed by atoms with Gasteiger partial charge in [-0.15, -0.1) is 0 Å². The van der Waals surface area contributed by atoms with Crippen molar-refractivity contribution in [2.75, 3.05) is 0 Å². The Morgan fingerprint density at radius 1 is 1.41 bits per heavy atom. The Labute approximate surface area is 185 Å². The van der Waals surface area contributed by atoms with Crippen molar-refractivity contribution >= 4 is 66.8 Å². The fraction of sp³-hybridized carbons (Fsp3) is 0.312. The third-order valence-electron chi connectivity index (χ3n) is 3.96. The molecule has 2 amide bonds. The van der Waals surface area contributed by atoms with Gasteiger partial charge in [-0.3, -0.25) is 24.6 Å². The molecule has 10 nitrogen and oxygen atoms in total. The molecule has 1 N–H and O–H groups in total. The molecule has 29 heavy (non-hydrogen) atoms. The number of hydrogen-bond acceptors (Lipinski definition) is 7. The van der Waals surface area contributed by atoms with Crippen molar-refractivity contribution in [2.24, 2.45) is 0 Å². The van der Waals surface area contributed by atoms with Crippen molar-refractivity contribution in [1.29, 1.82) is 0 Å². The minimum atomic E-state index is -2.17. The van der Waals surface area contributed by atoms with Gasteiger partial charge in [-0.05, 0) is 57.9 Å². The number of nitro benzene ring substituents is 1. The summed E-state index contributed by atoms with van der Waals surface area (Å²) in [6.45, 7) is 6.34. The van der Waals surface area contributed by atoms with Crippen LogP contribution in [0.25, 0.3) is 0 Å². The number of halogens is 2. The van der Waals surface area contributed by atoms with Gasteiger partial charge < -0.3 is 10.1 Å². The number of non-ortho nitro benzene ring substituents is 1. The zero-order chi connectivity index (χ0) is 22.1. The third kappa shape index (κ3) is 4.43. The van der Waals surface area contributed by atoms with E-state index in [9.17, 15) is 28.7 Å². The molecule has 1 aliphatic heterocycles. The first-order valence-corrected chi connectivity index (χ1v) is 11.0. The molecule has 0 aliphatic carbocycles. The second kappa shape index (κ2) is 8.75. The maximum absolute atomic E-state index is 12.7. The standard InChI is InChI=1S/C16H15ClIN3O7S/c1-8(2)12(15(24)28-11-6-4-10(5-7-11)21(25)26)20-14(23)13(19-9(3)22)16(20,18)29(17)27/h4-7,12-13H,1H2,2-3H3,(H,19,22). The van der Waals surface area contributed by atoms with Crippen molar-refractivity contribution < 1.29 is 28.3 Å². The number of alkyl halides is 1. The smallest absolute Gasteiger partial charge is 0.338 e. The van der Waals surface area contributed by atoms with E-state index in [1.807, 2.05) is 0 Å². The van der Waals surface area contributed by atoms with Crippen LogP contribution in [0, 0.1) is 10.1 Å². The average molecular weight is 556 g/mol. The summed E-state index contributed by atoms with van der Waals surface area (Å²) in [7, 11) is 3.62. The van der Waals surface area contributed by atoms with Gasteiger partial charge in [-0.2, -0.15) is 0 Å². The topological polar surface area (TPSA) is 136 Å². The van der Waals surface area contributed by atoms with E-state index in [4.69, 9.17) is 15.4 Å². The molecule has 1 fully saturated rings. The van der Waals surface area contributed by atoms with Gasteiger partial charge in [0.1, 0.15) is 5.75 Å². The summed E-state index contributed by atoms with van der Waals surface area (Å²) in [6.07, 6.45) is 0. The minimum absolute atomic E-state index is 0.00397. The zero-order valence-electron chi connectivity index (χ0n) is 15.1. The summed E-state index contributed by atoms with van der Waals surface area (Å²) in [4.78, 5) is 47.8. The highest BCUT2D eigenvalue weighted by Crippen LogP contribution is 2.46. The van der Waals surface area contributed by atoms with Crippen LogP contribution in [0.2, 0.25) is 0 Å². The molecule has 1 aliphatic rings. The highest BCUT2D eigenvalue weighted by molar-refractivity contribution is 14.1. The van der Waals surface area contributed by atoms with E-state index in [1.165, 1.54) is 26.0 Å². The van der Waals surface area contributed by atoms with E-state index in [0.29, 0.717) is 0 Å². The number of rotatable bonds is 7. The van der Waals surface area contributed by atoms with E-state index < -0.39 is 47.7 Å². The highest BCUT2D eigenvalue weighted by Gasteiger charge is 2.66. The SMILES string of the molecule is C=C(C)C(C(=O)Oc1ccc([N+](=O)[O-])cc1)N1C(=O)C(NC(C)=O)C1(I)S(=O)Cl. The normalized spacial score (nSPS) is 22.8. The van der Waals surface area contributed by atoms with Gasteiger partial charge in [0.05, 0.1) is 4.92 Å². The summed E-state index contributed by atoms with van der Waals surface area (Å²) in [5.74, 6) is -2.14. The Morgan fingerprint density at radius 3 is 2.38 bits per heavy atom. The molecule has 0 bridgehead atoms. The lowest BCUT2D eigenvalue weighted by molar-refractivity contribution is -0.384. The molecule has 0 aromatic heterocycles. The third-order valence-corrected chi connectivity index (χ3v) is 8.67. The first-order valence-electron chi connectivity index (χ1n) is 7.90. The number of likely N-dealkylation sites (tertiary alicyclic amines) is 1. The van der Waals surface area contributed by atoms with Crippen LogP contribution in [0.15, 0.2) is 36.4 Å². The van der Waals surface area contributed by atoms with Gasteiger partial charge in [-0.1, -0.05) is 6.58 Å². The molecule has 4 atom stereocenters. The lowest BCUT2D eigenvalue weighted by Gasteiger charge is -2.53. The average Bonchev–Trinajstić information content (AvgIpc) is 2.63. The predicted octanol–water partition coefficient (Wildman–Crippen LogP) is 1.78. The van der Waals surface area contributed by atoms with Gasteiger partial charge in [0.25, 0.3) is 11.6 Å². The van der Waals surface area contributed by atoms with E-state index in [2.05, 4.69) is 11.9 Å². The number of nitro groups is 1. The van der Waals surface area contributed by atoms with Crippen molar-refractivity contribution in [1.82, 2.24) is 10.2 Å². The van der Waals surface area contributed by atoms with E-state index in [1.54, 1.807) is 22.6 Å². The van der Waals surface area contributed by atoms with Crippen molar-refractivity contribution in [3.8, 4) is 5.75 Å². The number of β-lactam (4-membered cyclic amide) rings is 1. The number of amides is 2. The number of carbonyl (C=O) groups excluding carboxylic acids is 3. The van der Waals surface area contributed by atoms with E-state index >= 15 is 0 Å². The Hall–Kier alpha value is -2.06. The zero-order valence-corrected chi connectivity index (χ0v) is 18.8. The lowest BCUT2D eigenvalue weighted by atomic mass is 9.99. The maximum atomic E-state index is 12.7. The largest absolute Gasteiger partial charge is 0.425 e. The Bertz CT molecular complexity index is 926. The molecule has 1 saturated heterocycles. The van der Waals surface area contributed by atoms with Crippen LogP contribution >= 0.6 is 33.3 Å². The van der Waals surface area contributed by atoms with Gasteiger partial charge in [0.2, 0.25) is 8.78 Å². The Morgan fingerprint density at radius 2 is 1.97 bits per heavy atom. The Kier molecular flexibility index (Phi) is 7.01. The lowest BCUT2D eigenvalue weighted by Crippen LogP contribution is -2.80. The molecule has 4 unspecified atom stereocenters. The van der Waals surface area contributed by atoms with Crippen LogP contribution in [-0.2, 0) is 24.4 Å². The summed E-state index contributed by atoms with van der Waals surface area (Å²) >= 11 is 1.65. The van der Waals surface area contributed by atoms with Crippen LogP contribution in [0.4, 0.5) is 5.69 Å². The van der Waals surface area contributed by atoms with Gasteiger partial charge in [0.15, 0.2) is 22.1 Å². The predicted molar refractivity (Wildman–Crippen MR) is 113 cm³/mol. The Balaban J connectivity index is 2.32. The van der Waals surface area contributed by atoms with Crippen LogP contribution in [0.3, 0.4) is 0 Å². The minimum Gasteiger partial charge on any atom is -0.425 e. The van der Waals surface area contributed by atoms with E-state index in [-0.39, 0.29) is 17.0 Å². The fourth-order valence-electron chi connectivity index (χ4n) is 2.68. The number of carbonyl (C=O) groups is 3. The molecule has 1 heterocycles. The molecule has 1 aromatic carbocycles. The number of benzene rings is 1. The van der Waals surface area contributed by atoms with Crippen molar-refractivity contribution in [3.05, 3.63) is 46.5 Å². The quantitative estimate of drug-likeness (QED) is 0.0518. The van der Waals surface area contributed by atoms with Gasteiger partial charge in [-0.25, -0.2) is 9.00 Å². The maximum Gasteiger partial charge on any atom is 0.338 e. The summed E-state index contributed by atoms with van der Waals surface area (Å²) in [6, 6.07) is 2.20. The molecule has 2 rings (SSSR count). The summed E-state index contributed by atoms with van der Waals surface area (Å²) in [5.41, 5.74) is 0.0100. The molecular weight excluding hydrogens is 541 g/mol. The molecule has 156 valence electrons. The highest BCUT2D eigenvalue weighted by atomic mass is 127. The van der Waals surface area contributed by atoms with E-state index in [0.717, 1.165) is 17.0 Å². The van der Waals surface area contributed by atoms with Crippen LogP contribution < -0.4 is 10.1 Å². The number of ether oxygens (including phenoxy) is 1. The number of esters is 1. The molecule has 0 spiro atoms. The van der Waals surface area contributed by atoms with Crippen molar-refractivity contribution in [2.45, 2.75) is 28.8 Å². The molecule has 1 aromatic rings. The molecule has 13 heteroatoms. The second-order valence-corrected chi connectivity index (χ2v) is 10.4. The second-order valence-electron chi connectivity index (χ2n) is 6.10. The fourth-order valence-corrected chi connectivity index (χ4v) is 4.80. The van der Waals surface area contributed by atoms with Crippen LogP contribution in [0.1, 0.15) is 13.8 Å². The number of nitrogens with zero attached hydrogens (tertiary/aromatic N) is 2. The van der Waals surface area contributed by atoms with Gasteiger partial charge in [0, 0.05) is 19.1 Å². The first-order chi connectivity index (χ1) is 13.4. The van der Waals surface area contributed by atoms with Crippen LogP contribution in [-0.4, -0.2) is 46.8 Å². The monoisotopic (exact) mass is 555 g/mol. The molecular formula is C16H15ClIN3O7S. The molecule has 0 radical (unpaired) electrons. The summed E-state index contributed by atoms with van der Waals surface area (Å²) < 4.78 is 15.8. The number of nitrogens with one attached hydrogen (secondary N) is 1. The van der Waals surface area contributed by atoms with Gasteiger partial charge >= 0.3 is 5.97 Å². The number of hydrogen-bond donors (Lipinski definition) is 1. The molecule has 0 saturated carbocycles. The first kappa shape index (κ1) is 23.2. The van der Waals surface area contributed by atoms with Crippen LogP contribution in [0.5, 0.6) is 5.75 Å².